The standard InChI is InChI=1S/C19H25ClN4O2/c1-14-15(11-23-24(14)17-6-4-3-5-16(17)20)18(25)22-12-19(13-26-2)7-9-21-10-8-19/h3-6,11,21H,7-10,12-13H2,1-2H3,(H,22,25). The molecule has 3 rings (SSSR count). The Kier molecular flexibility index (Phi) is 5.96. The first-order valence-corrected chi connectivity index (χ1v) is 9.21. The third-order valence-electron chi connectivity index (χ3n) is 5.07. The molecule has 1 saturated heterocycles. The summed E-state index contributed by atoms with van der Waals surface area (Å²) in [5, 5.41) is 11.4. The van der Waals surface area contributed by atoms with Gasteiger partial charge in [-0.25, -0.2) is 4.68 Å². The van der Waals surface area contributed by atoms with E-state index in [4.69, 9.17) is 16.3 Å². The van der Waals surface area contributed by atoms with Crippen LogP contribution >= 0.6 is 11.6 Å². The second kappa shape index (κ2) is 8.20. The number of nitrogens with zero attached hydrogens (tertiary/aromatic N) is 2. The number of carbonyl (C=O) groups is 1. The van der Waals surface area contributed by atoms with Crippen LogP contribution in [0.2, 0.25) is 5.02 Å². The van der Waals surface area contributed by atoms with Gasteiger partial charge in [0, 0.05) is 19.1 Å². The summed E-state index contributed by atoms with van der Waals surface area (Å²) in [6.07, 6.45) is 3.57. The van der Waals surface area contributed by atoms with Gasteiger partial charge in [-0.3, -0.25) is 4.79 Å². The van der Waals surface area contributed by atoms with E-state index in [9.17, 15) is 4.79 Å². The zero-order valence-corrected chi connectivity index (χ0v) is 16.0. The Morgan fingerprint density at radius 1 is 1.38 bits per heavy atom. The number of para-hydroxylation sites is 1. The molecule has 6 nitrogen and oxygen atoms in total. The first-order valence-electron chi connectivity index (χ1n) is 8.84. The van der Waals surface area contributed by atoms with E-state index < -0.39 is 0 Å². The Labute approximate surface area is 158 Å². The maximum absolute atomic E-state index is 12.7. The zero-order valence-electron chi connectivity index (χ0n) is 15.2. The maximum atomic E-state index is 12.7. The largest absolute Gasteiger partial charge is 0.384 e. The molecule has 1 aliphatic heterocycles. The van der Waals surface area contributed by atoms with Gasteiger partial charge < -0.3 is 15.4 Å². The summed E-state index contributed by atoms with van der Waals surface area (Å²) in [4.78, 5) is 12.7. The van der Waals surface area contributed by atoms with Gasteiger partial charge in [0.2, 0.25) is 0 Å². The molecule has 2 heterocycles. The highest BCUT2D eigenvalue weighted by Crippen LogP contribution is 2.28. The summed E-state index contributed by atoms with van der Waals surface area (Å²) < 4.78 is 7.11. The molecule has 140 valence electrons. The normalized spacial score (nSPS) is 16.4. The fourth-order valence-corrected chi connectivity index (χ4v) is 3.71. The number of halogens is 1. The van der Waals surface area contributed by atoms with Crippen molar-refractivity contribution in [2.24, 2.45) is 5.41 Å². The summed E-state index contributed by atoms with van der Waals surface area (Å²) in [6.45, 7) is 5.01. The Morgan fingerprint density at radius 3 is 2.81 bits per heavy atom. The highest BCUT2D eigenvalue weighted by Gasteiger charge is 2.33. The molecule has 2 N–H and O–H groups in total. The van der Waals surface area contributed by atoms with Crippen molar-refractivity contribution in [3.05, 3.63) is 46.7 Å². The number of ether oxygens (including phenoxy) is 1. The number of nitrogens with one attached hydrogen (secondary N) is 2. The molecular formula is C19H25ClN4O2. The molecule has 0 aliphatic carbocycles. The Bertz CT molecular complexity index is 763. The van der Waals surface area contributed by atoms with Crippen LogP contribution in [0.5, 0.6) is 0 Å². The van der Waals surface area contributed by atoms with Crippen LogP contribution in [0.15, 0.2) is 30.5 Å². The molecule has 2 aromatic rings. The minimum absolute atomic E-state index is 0.0116. The third kappa shape index (κ3) is 3.92. The molecule has 0 radical (unpaired) electrons. The van der Waals surface area contributed by atoms with Gasteiger partial charge in [0.25, 0.3) is 5.91 Å². The highest BCUT2D eigenvalue weighted by molar-refractivity contribution is 6.32. The van der Waals surface area contributed by atoms with Gasteiger partial charge >= 0.3 is 0 Å². The van der Waals surface area contributed by atoms with Crippen LogP contribution in [0.25, 0.3) is 5.69 Å². The molecule has 0 atom stereocenters. The first kappa shape index (κ1) is 18.9. The number of methoxy groups -OCH3 is 1. The van der Waals surface area contributed by atoms with E-state index in [1.165, 1.54) is 0 Å². The van der Waals surface area contributed by atoms with Crippen molar-refractivity contribution in [3.8, 4) is 5.69 Å². The monoisotopic (exact) mass is 376 g/mol. The van der Waals surface area contributed by atoms with Crippen LogP contribution in [0.1, 0.15) is 28.9 Å². The van der Waals surface area contributed by atoms with E-state index in [-0.39, 0.29) is 11.3 Å². The Hall–Kier alpha value is -1.89. The first-order chi connectivity index (χ1) is 12.6. The number of hydrogen-bond acceptors (Lipinski definition) is 4. The van der Waals surface area contributed by atoms with Crippen molar-refractivity contribution in [1.82, 2.24) is 20.4 Å². The SMILES string of the molecule is COCC1(CNC(=O)c2cnn(-c3ccccc3Cl)c2C)CCNCC1. The van der Waals surface area contributed by atoms with Crippen molar-refractivity contribution in [2.45, 2.75) is 19.8 Å². The Morgan fingerprint density at radius 2 is 2.12 bits per heavy atom. The molecule has 7 heteroatoms. The van der Waals surface area contributed by atoms with E-state index in [1.54, 1.807) is 18.0 Å². The van der Waals surface area contributed by atoms with Crippen LogP contribution < -0.4 is 10.6 Å². The Balaban J connectivity index is 1.73. The summed E-state index contributed by atoms with van der Waals surface area (Å²) in [7, 11) is 1.71. The van der Waals surface area contributed by atoms with Gasteiger partial charge in [-0.15, -0.1) is 0 Å². The number of amides is 1. The fraction of sp³-hybridized carbons (Fsp3) is 0.474. The van der Waals surface area contributed by atoms with Crippen molar-refractivity contribution < 1.29 is 9.53 Å². The van der Waals surface area contributed by atoms with Gasteiger partial charge in [-0.05, 0) is 45.0 Å². The average Bonchev–Trinajstić information content (AvgIpc) is 3.03. The van der Waals surface area contributed by atoms with E-state index in [0.717, 1.165) is 37.3 Å². The predicted octanol–water partition coefficient (Wildman–Crippen LogP) is 2.58. The lowest BCUT2D eigenvalue weighted by molar-refractivity contribution is 0.0511. The van der Waals surface area contributed by atoms with Gasteiger partial charge in [-0.2, -0.15) is 5.10 Å². The lowest BCUT2D eigenvalue weighted by atomic mass is 9.79. The molecule has 0 unspecified atom stereocenters. The van der Waals surface area contributed by atoms with Crippen LogP contribution in [-0.2, 0) is 4.74 Å². The van der Waals surface area contributed by atoms with Crippen LogP contribution in [0.4, 0.5) is 0 Å². The minimum Gasteiger partial charge on any atom is -0.384 e. The van der Waals surface area contributed by atoms with Crippen molar-refractivity contribution in [3.63, 3.8) is 0 Å². The van der Waals surface area contributed by atoms with Crippen LogP contribution in [0, 0.1) is 12.3 Å². The molecule has 1 amide bonds. The smallest absolute Gasteiger partial charge is 0.254 e. The van der Waals surface area contributed by atoms with E-state index in [1.807, 2.05) is 31.2 Å². The molecule has 1 aliphatic rings. The summed E-state index contributed by atoms with van der Waals surface area (Å²) in [6, 6.07) is 7.45. The van der Waals surface area contributed by atoms with Crippen molar-refractivity contribution in [2.75, 3.05) is 33.4 Å². The number of carbonyl (C=O) groups excluding carboxylic acids is 1. The second-order valence-corrected chi connectivity index (χ2v) is 7.28. The summed E-state index contributed by atoms with van der Waals surface area (Å²) in [5.41, 5.74) is 2.08. The quantitative estimate of drug-likeness (QED) is 0.813. The van der Waals surface area contributed by atoms with Crippen LogP contribution in [-0.4, -0.2) is 49.0 Å². The number of piperidine rings is 1. The molecule has 0 bridgehead atoms. The zero-order chi connectivity index (χ0) is 18.6. The molecule has 0 saturated carbocycles. The summed E-state index contributed by atoms with van der Waals surface area (Å²) in [5.74, 6) is -0.116. The molecule has 1 fully saturated rings. The highest BCUT2D eigenvalue weighted by atomic mass is 35.5. The van der Waals surface area contributed by atoms with Crippen molar-refractivity contribution in [1.29, 1.82) is 0 Å². The van der Waals surface area contributed by atoms with Gasteiger partial charge in [-0.1, -0.05) is 23.7 Å². The number of aromatic nitrogens is 2. The minimum atomic E-state index is -0.116. The molecule has 1 aromatic heterocycles. The maximum Gasteiger partial charge on any atom is 0.254 e. The number of benzene rings is 1. The fourth-order valence-electron chi connectivity index (χ4n) is 3.50. The molecule has 1 aromatic carbocycles. The molecule has 0 spiro atoms. The van der Waals surface area contributed by atoms with E-state index >= 15 is 0 Å². The van der Waals surface area contributed by atoms with E-state index in [0.29, 0.717) is 23.7 Å². The number of rotatable bonds is 6. The molecule has 26 heavy (non-hydrogen) atoms. The van der Waals surface area contributed by atoms with Crippen LogP contribution in [0.3, 0.4) is 0 Å². The lowest BCUT2D eigenvalue weighted by Gasteiger charge is -2.37. The van der Waals surface area contributed by atoms with Crippen molar-refractivity contribution >= 4 is 17.5 Å². The van der Waals surface area contributed by atoms with Gasteiger partial charge in [0.05, 0.1) is 34.8 Å². The number of hydrogen-bond donors (Lipinski definition) is 2. The van der Waals surface area contributed by atoms with Gasteiger partial charge in [0.1, 0.15) is 0 Å². The topological polar surface area (TPSA) is 68.2 Å². The second-order valence-electron chi connectivity index (χ2n) is 6.87. The van der Waals surface area contributed by atoms with E-state index in [2.05, 4.69) is 15.7 Å². The lowest BCUT2D eigenvalue weighted by Crippen LogP contribution is -2.47. The van der Waals surface area contributed by atoms with Gasteiger partial charge in [0.15, 0.2) is 0 Å². The predicted molar refractivity (Wildman–Crippen MR) is 102 cm³/mol. The average molecular weight is 377 g/mol. The molecular weight excluding hydrogens is 352 g/mol. The summed E-state index contributed by atoms with van der Waals surface area (Å²) >= 11 is 6.25. The third-order valence-corrected chi connectivity index (χ3v) is 5.39.